The van der Waals surface area contributed by atoms with Crippen molar-refractivity contribution in [1.82, 2.24) is 5.32 Å². The van der Waals surface area contributed by atoms with Crippen LogP contribution in [0.4, 0.5) is 0 Å². The second kappa shape index (κ2) is 5.03. The highest BCUT2D eigenvalue weighted by Gasteiger charge is 2.07. The largest absolute Gasteiger partial charge is 0.349 e. The highest BCUT2D eigenvalue weighted by molar-refractivity contribution is 5.78. The maximum absolute atomic E-state index is 11.1. The first-order valence-corrected chi connectivity index (χ1v) is 4.45. The molecule has 0 bridgehead atoms. The Morgan fingerprint density at radius 3 is 2.71 bits per heavy atom. The number of nitriles is 1. The fraction of sp³-hybridized carbons (Fsp3) is 0.273. The van der Waals surface area contributed by atoms with Crippen LogP contribution in [0, 0.1) is 11.3 Å². The lowest BCUT2D eigenvalue weighted by molar-refractivity contribution is -0.120. The molecule has 0 aromatic heterocycles. The van der Waals surface area contributed by atoms with Crippen molar-refractivity contribution in [3.63, 3.8) is 0 Å². The third-order valence-corrected chi connectivity index (χ3v) is 1.92. The van der Waals surface area contributed by atoms with Gasteiger partial charge in [-0.2, -0.15) is 5.26 Å². The summed E-state index contributed by atoms with van der Waals surface area (Å²) in [4.78, 5) is 11.1. The number of nitrogens with zero attached hydrogens (tertiary/aromatic N) is 1. The van der Waals surface area contributed by atoms with E-state index in [0.717, 1.165) is 5.56 Å². The van der Waals surface area contributed by atoms with Gasteiger partial charge in [-0.3, -0.25) is 4.79 Å². The molecule has 0 saturated carbocycles. The summed E-state index contributed by atoms with van der Waals surface area (Å²) >= 11 is 0. The van der Waals surface area contributed by atoms with Crippen molar-refractivity contribution < 1.29 is 4.79 Å². The Labute approximate surface area is 83.4 Å². The Bertz CT molecular complexity index is 340. The number of carbonyl (C=O) groups excluding carboxylic acids is 1. The van der Waals surface area contributed by atoms with Gasteiger partial charge in [0.05, 0.1) is 12.1 Å². The number of nitrogens with one attached hydrogen (secondary N) is 1. The molecule has 0 radical (unpaired) electrons. The van der Waals surface area contributed by atoms with Gasteiger partial charge >= 0.3 is 0 Å². The smallest absolute Gasteiger partial charge is 0.234 e. The molecular weight excluding hydrogens is 176 g/mol. The average Bonchev–Trinajstić information content (AvgIpc) is 2.19. The Kier molecular flexibility index (Phi) is 3.69. The Balaban J connectivity index is 2.56. The van der Waals surface area contributed by atoms with Gasteiger partial charge in [0.2, 0.25) is 5.91 Å². The SMILES string of the molecule is C[C@@H](NC(=O)CC#N)c1ccccc1. The van der Waals surface area contributed by atoms with Crippen molar-refractivity contribution in [2.24, 2.45) is 0 Å². The third kappa shape index (κ3) is 2.91. The predicted octanol–water partition coefficient (Wildman–Crippen LogP) is 1.78. The first-order chi connectivity index (χ1) is 6.74. The van der Waals surface area contributed by atoms with Gasteiger partial charge in [-0.05, 0) is 12.5 Å². The maximum Gasteiger partial charge on any atom is 0.234 e. The van der Waals surface area contributed by atoms with E-state index < -0.39 is 0 Å². The molecule has 1 atom stereocenters. The zero-order chi connectivity index (χ0) is 10.4. The first-order valence-electron chi connectivity index (χ1n) is 4.45. The molecule has 0 saturated heterocycles. The highest BCUT2D eigenvalue weighted by Crippen LogP contribution is 2.10. The van der Waals surface area contributed by atoms with Crippen molar-refractivity contribution in [2.75, 3.05) is 0 Å². The van der Waals surface area contributed by atoms with Crippen LogP contribution in [0.1, 0.15) is 24.9 Å². The number of carbonyl (C=O) groups is 1. The molecule has 1 aromatic rings. The zero-order valence-electron chi connectivity index (χ0n) is 8.03. The summed E-state index contributed by atoms with van der Waals surface area (Å²) in [6, 6.07) is 11.4. The molecule has 14 heavy (non-hydrogen) atoms. The molecule has 1 N–H and O–H groups in total. The summed E-state index contributed by atoms with van der Waals surface area (Å²) < 4.78 is 0. The van der Waals surface area contributed by atoms with E-state index in [-0.39, 0.29) is 18.4 Å². The molecule has 0 aliphatic rings. The molecule has 1 rings (SSSR count). The van der Waals surface area contributed by atoms with E-state index in [2.05, 4.69) is 5.32 Å². The molecule has 0 spiro atoms. The van der Waals surface area contributed by atoms with Gasteiger partial charge in [-0.15, -0.1) is 0 Å². The summed E-state index contributed by atoms with van der Waals surface area (Å²) in [6.07, 6.45) is -0.0861. The Morgan fingerprint density at radius 2 is 2.14 bits per heavy atom. The van der Waals surface area contributed by atoms with Gasteiger partial charge in [0, 0.05) is 0 Å². The molecule has 72 valence electrons. The number of benzene rings is 1. The number of hydrogen-bond acceptors (Lipinski definition) is 2. The molecule has 0 fully saturated rings. The summed E-state index contributed by atoms with van der Waals surface area (Å²) in [5.41, 5.74) is 1.04. The Morgan fingerprint density at radius 1 is 1.50 bits per heavy atom. The van der Waals surface area contributed by atoms with Crippen LogP contribution in [0.15, 0.2) is 30.3 Å². The minimum atomic E-state index is -0.233. The van der Waals surface area contributed by atoms with Crippen LogP contribution in [0.2, 0.25) is 0 Å². The lowest BCUT2D eigenvalue weighted by Gasteiger charge is -2.12. The van der Waals surface area contributed by atoms with E-state index in [0.29, 0.717) is 0 Å². The molecule has 3 heteroatoms. The molecule has 1 aromatic carbocycles. The third-order valence-electron chi connectivity index (χ3n) is 1.92. The van der Waals surface area contributed by atoms with Crippen LogP contribution in [0.25, 0.3) is 0 Å². The summed E-state index contributed by atoms with van der Waals surface area (Å²) in [5, 5.41) is 11.0. The Hall–Kier alpha value is -1.82. The van der Waals surface area contributed by atoms with E-state index in [1.807, 2.05) is 43.3 Å². The number of rotatable bonds is 3. The summed E-state index contributed by atoms with van der Waals surface area (Å²) in [5.74, 6) is -0.233. The average molecular weight is 188 g/mol. The van der Waals surface area contributed by atoms with Gasteiger partial charge in [-0.25, -0.2) is 0 Å². The zero-order valence-corrected chi connectivity index (χ0v) is 8.03. The summed E-state index contributed by atoms with van der Waals surface area (Å²) in [6.45, 7) is 1.89. The molecule has 0 heterocycles. The molecular formula is C11H12N2O. The van der Waals surface area contributed by atoms with E-state index >= 15 is 0 Å². The van der Waals surface area contributed by atoms with Crippen LogP contribution < -0.4 is 5.32 Å². The second-order valence-electron chi connectivity index (χ2n) is 3.03. The van der Waals surface area contributed by atoms with E-state index in [1.54, 1.807) is 0 Å². The van der Waals surface area contributed by atoms with E-state index in [4.69, 9.17) is 5.26 Å². The molecule has 1 amide bonds. The van der Waals surface area contributed by atoms with Crippen molar-refractivity contribution in [2.45, 2.75) is 19.4 Å². The molecule has 0 unspecified atom stereocenters. The van der Waals surface area contributed by atoms with Crippen LogP contribution in [-0.2, 0) is 4.79 Å². The lowest BCUT2D eigenvalue weighted by atomic mass is 10.1. The number of amides is 1. The van der Waals surface area contributed by atoms with Crippen LogP contribution in [0.5, 0.6) is 0 Å². The second-order valence-corrected chi connectivity index (χ2v) is 3.03. The maximum atomic E-state index is 11.1. The standard InChI is InChI=1S/C11H12N2O/c1-9(13-11(14)7-8-12)10-5-3-2-4-6-10/h2-6,9H,7H2,1H3,(H,13,14)/t9-/m1/s1. The summed E-state index contributed by atoms with van der Waals surface area (Å²) in [7, 11) is 0. The topological polar surface area (TPSA) is 52.9 Å². The quantitative estimate of drug-likeness (QED) is 0.786. The predicted molar refractivity (Wildman–Crippen MR) is 53.2 cm³/mol. The van der Waals surface area contributed by atoms with Gasteiger partial charge in [0.25, 0.3) is 0 Å². The van der Waals surface area contributed by atoms with Gasteiger partial charge in [0.15, 0.2) is 0 Å². The monoisotopic (exact) mass is 188 g/mol. The van der Waals surface area contributed by atoms with E-state index in [9.17, 15) is 4.79 Å². The van der Waals surface area contributed by atoms with Crippen LogP contribution in [-0.4, -0.2) is 5.91 Å². The van der Waals surface area contributed by atoms with Crippen LogP contribution in [0.3, 0.4) is 0 Å². The lowest BCUT2D eigenvalue weighted by Crippen LogP contribution is -2.25. The highest BCUT2D eigenvalue weighted by atomic mass is 16.1. The fourth-order valence-electron chi connectivity index (χ4n) is 1.19. The number of hydrogen-bond donors (Lipinski definition) is 1. The van der Waals surface area contributed by atoms with Gasteiger partial charge in [-0.1, -0.05) is 30.3 Å². The minimum Gasteiger partial charge on any atom is -0.349 e. The van der Waals surface area contributed by atoms with Crippen molar-refractivity contribution in [3.8, 4) is 6.07 Å². The van der Waals surface area contributed by atoms with Crippen LogP contribution >= 0.6 is 0 Å². The first kappa shape index (κ1) is 10.3. The van der Waals surface area contributed by atoms with Gasteiger partial charge in [0.1, 0.15) is 6.42 Å². The molecule has 3 nitrogen and oxygen atoms in total. The normalized spacial score (nSPS) is 11.4. The minimum absolute atomic E-state index is 0.0444. The van der Waals surface area contributed by atoms with Gasteiger partial charge < -0.3 is 5.32 Å². The van der Waals surface area contributed by atoms with Crippen molar-refractivity contribution in [3.05, 3.63) is 35.9 Å². The molecule has 0 aliphatic carbocycles. The fourth-order valence-corrected chi connectivity index (χ4v) is 1.19. The van der Waals surface area contributed by atoms with Crippen molar-refractivity contribution in [1.29, 1.82) is 5.26 Å². The van der Waals surface area contributed by atoms with Crippen molar-refractivity contribution >= 4 is 5.91 Å². The molecule has 0 aliphatic heterocycles. The van der Waals surface area contributed by atoms with E-state index in [1.165, 1.54) is 0 Å².